The van der Waals surface area contributed by atoms with Gasteiger partial charge in [0.25, 0.3) is 0 Å². The van der Waals surface area contributed by atoms with Crippen LogP contribution in [0.1, 0.15) is 61.7 Å². The molecule has 2 aliphatic carbocycles. The van der Waals surface area contributed by atoms with Crippen LogP contribution < -0.4 is 5.73 Å². The lowest BCUT2D eigenvalue weighted by Crippen LogP contribution is -2.28. The van der Waals surface area contributed by atoms with Crippen LogP contribution in [0.15, 0.2) is 0 Å². The molecule has 1 unspecified atom stereocenters. The zero-order valence-electron chi connectivity index (χ0n) is 14.0. The molecule has 2 N–H and O–H groups in total. The van der Waals surface area contributed by atoms with Gasteiger partial charge in [-0.15, -0.1) is 11.3 Å². The second kappa shape index (κ2) is 4.95. The summed E-state index contributed by atoms with van der Waals surface area (Å²) < 4.78 is 0. The lowest BCUT2D eigenvalue weighted by Gasteiger charge is -2.35. The minimum Gasteiger partial charge on any atom is -0.398 e. The van der Waals surface area contributed by atoms with Gasteiger partial charge in [-0.1, -0.05) is 20.8 Å². The Morgan fingerprint density at radius 1 is 1.09 bits per heavy atom. The summed E-state index contributed by atoms with van der Waals surface area (Å²) in [4.78, 5) is 7.79. The predicted octanol–water partition coefficient (Wildman–Crippen LogP) is 4.91. The van der Waals surface area contributed by atoms with E-state index in [4.69, 9.17) is 10.7 Å². The fourth-order valence-corrected chi connectivity index (χ4v) is 5.54. The number of nitrogen functional groups attached to an aromatic ring is 1. The highest BCUT2D eigenvalue weighted by Gasteiger charge is 2.32. The van der Waals surface area contributed by atoms with Crippen LogP contribution in [0.25, 0.3) is 10.2 Å². The van der Waals surface area contributed by atoms with Crippen LogP contribution in [0.3, 0.4) is 0 Å². The molecule has 0 radical (unpaired) electrons. The molecule has 22 heavy (non-hydrogen) atoms. The van der Waals surface area contributed by atoms with Gasteiger partial charge in [0.1, 0.15) is 4.83 Å². The summed E-state index contributed by atoms with van der Waals surface area (Å²) in [5, 5.41) is 1.31. The molecule has 1 atom stereocenters. The van der Waals surface area contributed by atoms with Crippen molar-refractivity contribution in [3.05, 3.63) is 21.7 Å². The number of fused-ring (bicyclic) bond motifs is 4. The van der Waals surface area contributed by atoms with Crippen molar-refractivity contribution in [2.45, 2.75) is 65.7 Å². The average molecular weight is 314 g/mol. The normalized spacial score (nSPS) is 21.7. The van der Waals surface area contributed by atoms with E-state index in [0.29, 0.717) is 5.41 Å². The summed E-state index contributed by atoms with van der Waals surface area (Å²) in [5.41, 5.74) is 12.3. The lowest BCUT2D eigenvalue weighted by molar-refractivity contribution is 0.215. The van der Waals surface area contributed by atoms with Gasteiger partial charge in [-0.3, -0.25) is 0 Å². The fourth-order valence-electron chi connectivity index (χ4n) is 4.24. The molecule has 2 aromatic heterocycles. The maximum Gasteiger partial charge on any atom is 0.126 e. The second-order valence-electron chi connectivity index (χ2n) is 8.15. The number of thiophene rings is 1. The molecule has 2 nitrogen and oxygen atoms in total. The molecule has 4 rings (SSSR count). The monoisotopic (exact) mass is 314 g/mol. The Morgan fingerprint density at radius 2 is 1.86 bits per heavy atom. The van der Waals surface area contributed by atoms with Gasteiger partial charge < -0.3 is 5.73 Å². The van der Waals surface area contributed by atoms with E-state index in [0.717, 1.165) is 24.4 Å². The summed E-state index contributed by atoms with van der Waals surface area (Å²) in [7, 11) is 0. The Labute approximate surface area is 137 Å². The van der Waals surface area contributed by atoms with Crippen molar-refractivity contribution in [2.75, 3.05) is 5.73 Å². The quantitative estimate of drug-likeness (QED) is 0.750. The fraction of sp³-hybridized carbons (Fsp3) is 0.632. The number of nitrogens with zero attached hydrogens (tertiary/aromatic N) is 1. The van der Waals surface area contributed by atoms with Crippen LogP contribution in [0.2, 0.25) is 0 Å². The third-order valence-corrected chi connectivity index (χ3v) is 6.92. The topological polar surface area (TPSA) is 38.9 Å². The van der Waals surface area contributed by atoms with E-state index in [9.17, 15) is 0 Å². The van der Waals surface area contributed by atoms with Crippen LogP contribution in [0, 0.1) is 11.3 Å². The molecule has 2 aromatic rings. The van der Waals surface area contributed by atoms with Gasteiger partial charge in [0.2, 0.25) is 0 Å². The van der Waals surface area contributed by atoms with Gasteiger partial charge in [-0.2, -0.15) is 0 Å². The molecule has 0 spiro atoms. The number of hydrogen-bond acceptors (Lipinski definition) is 3. The summed E-state index contributed by atoms with van der Waals surface area (Å²) in [6.45, 7) is 7.08. The highest BCUT2D eigenvalue weighted by Crippen LogP contribution is 2.44. The number of nitrogens with two attached hydrogens (primary N) is 1. The highest BCUT2D eigenvalue weighted by molar-refractivity contribution is 7.19. The van der Waals surface area contributed by atoms with Crippen LogP contribution in [-0.2, 0) is 25.7 Å². The van der Waals surface area contributed by atoms with E-state index >= 15 is 0 Å². The minimum absolute atomic E-state index is 0.354. The van der Waals surface area contributed by atoms with Crippen molar-refractivity contribution in [1.82, 2.24) is 4.98 Å². The molecule has 0 fully saturated rings. The lowest BCUT2D eigenvalue weighted by atomic mass is 9.71. The Hall–Kier alpha value is -1.09. The van der Waals surface area contributed by atoms with Gasteiger partial charge in [0, 0.05) is 21.6 Å². The SMILES string of the molecule is CC(C)(C)C1CCc2nc3sc4c(c3c(N)c2C1)CCCC4. The number of aromatic nitrogens is 1. The first-order valence-corrected chi connectivity index (χ1v) is 9.48. The third-order valence-electron chi connectivity index (χ3n) is 5.74. The van der Waals surface area contributed by atoms with Crippen molar-refractivity contribution in [2.24, 2.45) is 11.3 Å². The minimum atomic E-state index is 0.354. The summed E-state index contributed by atoms with van der Waals surface area (Å²) in [6.07, 6.45) is 8.51. The van der Waals surface area contributed by atoms with Crippen molar-refractivity contribution in [1.29, 1.82) is 0 Å². The third kappa shape index (κ3) is 2.17. The molecule has 0 bridgehead atoms. The van der Waals surface area contributed by atoms with E-state index in [-0.39, 0.29) is 0 Å². The Bertz CT molecular complexity index is 736. The zero-order chi connectivity index (χ0) is 15.5. The van der Waals surface area contributed by atoms with Gasteiger partial charge in [0.05, 0.1) is 0 Å². The van der Waals surface area contributed by atoms with Crippen molar-refractivity contribution >= 4 is 27.2 Å². The number of anilines is 1. The molecule has 0 aliphatic heterocycles. The first-order chi connectivity index (χ1) is 10.4. The molecule has 0 amide bonds. The molecule has 0 saturated heterocycles. The number of aryl methyl sites for hydroxylation is 3. The average Bonchev–Trinajstić information content (AvgIpc) is 2.84. The Balaban J connectivity index is 1.87. The van der Waals surface area contributed by atoms with E-state index in [1.54, 1.807) is 4.88 Å². The predicted molar refractivity (Wildman–Crippen MR) is 95.6 cm³/mol. The second-order valence-corrected chi connectivity index (χ2v) is 9.23. The molecule has 2 heterocycles. The number of pyridine rings is 1. The summed E-state index contributed by atoms with van der Waals surface area (Å²) >= 11 is 1.90. The standard InChI is InChI=1S/C19H26N2S/c1-19(2,3)11-8-9-14-13(10-11)17(20)16-12-6-4-5-7-15(12)22-18(16)21-14/h11H,4-10H2,1-3H3,(H2,20,21). The molecule has 0 aromatic carbocycles. The molecule has 0 saturated carbocycles. The van der Waals surface area contributed by atoms with Crippen molar-refractivity contribution < 1.29 is 0 Å². The van der Waals surface area contributed by atoms with Gasteiger partial charge in [-0.05, 0) is 67.4 Å². The zero-order valence-corrected chi connectivity index (χ0v) is 14.8. The van der Waals surface area contributed by atoms with E-state index in [1.165, 1.54) is 59.1 Å². The molecule has 2 aliphatic rings. The molecular formula is C19H26N2S. The van der Waals surface area contributed by atoms with Crippen LogP contribution >= 0.6 is 11.3 Å². The van der Waals surface area contributed by atoms with E-state index in [1.807, 2.05) is 11.3 Å². The van der Waals surface area contributed by atoms with Gasteiger partial charge in [0.15, 0.2) is 0 Å². The van der Waals surface area contributed by atoms with Crippen molar-refractivity contribution in [3.8, 4) is 0 Å². The Kier molecular flexibility index (Phi) is 3.26. The largest absolute Gasteiger partial charge is 0.398 e. The molecule has 118 valence electrons. The van der Waals surface area contributed by atoms with Gasteiger partial charge >= 0.3 is 0 Å². The molecule has 3 heteroatoms. The van der Waals surface area contributed by atoms with E-state index in [2.05, 4.69) is 20.8 Å². The van der Waals surface area contributed by atoms with Crippen LogP contribution in [0.5, 0.6) is 0 Å². The van der Waals surface area contributed by atoms with Crippen LogP contribution in [0.4, 0.5) is 5.69 Å². The highest BCUT2D eigenvalue weighted by atomic mass is 32.1. The maximum absolute atomic E-state index is 6.68. The summed E-state index contributed by atoms with van der Waals surface area (Å²) in [6, 6.07) is 0. The first kappa shape index (κ1) is 14.5. The maximum atomic E-state index is 6.68. The number of hydrogen-bond donors (Lipinski definition) is 1. The van der Waals surface area contributed by atoms with Crippen LogP contribution in [-0.4, -0.2) is 4.98 Å². The van der Waals surface area contributed by atoms with Gasteiger partial charge in [-0.25, -0.2) is 4.98 Å². The smallest absolute Gasteiger partial charge is 0.126 e. The van der Waals surface area contributed by atoms with E-state index < -0.39 is 0 Å². The van der Waals surface area contributed by atoms with Crippen molar-refractivity contribution in [3.63, 3.8) is 0 Å². The summed E-state index contributed by atoms with van der Waals surface area (Å²) in [5.74, 6) is 0.719. The Morgan fingerprint density at radius 3 is 2.64 bits per heavy atom. The number of rotatable bonds is 0. The first-order valence-electron chi connectivity index (χ1n) is 8.66. The molecular weight excluding hydrogens is 288 g/mol.